The Morgan fingerprint density at radius 3 is 2.81 bits per heavy atom. The number of aromatic nitrogens is 1. The number of nitrogens with zero attached hydrogens (tertiary/aromatic N) is 2. The van der Waals surface area contributed by atoms with Crippen LogP contribution < -0.4 is 0 Å². The fourth-order valence-electron chi connectivity index (χ4n) is 3.54. The summed E-state index contributed by atoms with van der Waals surface area (Å²) >= 11 is 1.70. The predicted molar refractivity (Wildman–Crippen MR) is 107 cm³/mol. The van der Waals surface area contributed by atoms with Crippen LogP contribution in [0.2, 0.25) is 0 Å². The zero-order chi connectivity index (χ0) is 18.3. The van der Waals surface area contributed by atoms with Crippen LogP contribution in [0.25, 0.3) is 22.6 Å². The van der Waals surface area contributed by atoms with E-state index in [-0.39, 0.29) is 0 Å². The Morgan fingerprint density at radius 2 is 2.12 bits per heavy atom. The van der Waals surface area contributed by atoms with Crippen LogP contribution in [-0.4, -0.2) is 34.0 Å². The number of fused-ring (bicyclic) bond motifs is 2. The minimum absolute atomic E-state index is 0.387. The molecule has 4 nitrogen and oxygen atoms in total. The van der Waals surface area contributed by atoms with Crippen molar-refractivity contribution in [2.75, 3.05) is 13.1 Å². The molecule has 0 amide bonds. The number of carboxylic acid groups (broad SMARTS) is 1. The number of likely N-dealkylation sites (N-methyl/N-ethyl adjacent to an activating group) is 1. The smallest absolute Gasteiger partial charge is 0.336 e. The van der Waals surface area contributed by atoms with E-state index in [0.29, 0.717) is 17.5 Å². The van der Waals surface area contributed by atoms with Crippen molar-refractivity contribution in [3.63, 3.8) is 0 Å². The lowest BCUT2D eigenvalue weighted by Gasteiger charge is -2.30. The molecule has 0 aliphatic carbocycles. The quantitative estimate of drug-likeness (QED) is 0.733. The van der Waals surface area contributed by atoms with E-state index in [9.17, 15) is 9.90 Å². The van der Waals surface area contributed by atoms with E-state index in [1.165, 1.54) is 10.4 Å². The number of carbonyl (C=O) groups is 1. The molecule has 0 spiro atoms. The third-order valence-electron chi connectivity index (χ3n) is 4.94. The van der Waals surface area contributed by atoms with Crippen LogP contribution >= 0.6 is 11.3 Å². The first-order valence-electron chi connectivity index (χ1n) is 8.70. The molecule has 0 unspecified atom stereocenters. The summed E-state index contributed by atoms with van der Waals surface area (Å²) in [6.07, 6.45) is 2.17. The van der Waals surface area contributed by atoms with Gasteiger partial charge in [-0.2, -0.15) is 0 Å². The van der Waals surface area contributed by atoms with Crippen molar-refractivity contribution in [1.29, 1.82) is 0 Å². The summed E-state index contributed by atoms with van der Waals surface area (Å²) in [7, 11) is 0. The first-order valence-corrected chi connectivity index (χ1v) is 9.58. The standard InChI is InChI=1S/C21H20N2O2S/c1-3-23-11-14(10-18-13(2)8-9-26-18)20-16(12-23)19(21(24)25)15-6-4-5-7-17(15)22-20/h4-10H,3,11-12H2,1-2H3,(H,24,25)/b14-10+. The number of aromatic carboxylic acids is 1. The first-order chi connectivity index (χ1) is 12.6. The number of thiophene rings is 1. The van der Waals surface area contributed by atoms with Crippen LogP contribution in [-0.2, 0) is 6.54 Å². The van der Waals surface area contributed by atoms with Crippen molar-refractivity contribution >= 4 is 39.9 Å². The predicted octanol–water partition coefficient (Wildman–Crippen LogP) is 4.68. The van der Waals surface area contributed by atoms with Crippen LogP contribution in [0.1, 0.15) is 39.0 Å². The zero-order valence-corrected chi connectivity index (χ0v) is 15.6. The minimum atomic E-state index is -0.885. The Labute approximate surface area is 156 Å². The third-order valence-corrected chi connectivity index (χ3v) is 5.91. The molecule has 1 aliphatic heterocycles. The number of aryl methyl sites for hydroxylation is 1. The first kappa shape index (κ1) is 16.9. The van der Waals surface area contributed by atoms with Crippen molar-refractivity contribution < 1.29 is 9.90 Å². The normalized spacial score (nSPS) is 16.2. The zero-order valence-electron chi connectivity index (χ0n) is 14.8. The lowest BCUT2D eigenvalue weighted by molar-refractivity contribution is 0.0696. The van der Waals surface area contributed by atoms with Gasteiger partial charge in [-0.1, -0.05) is 25.1 Å². The van der Waals surface area contributed by atoms with Gasteiger partial charge in [0.2, 0.25) is 0 Å². The van der Waals surface area contributed by atoms with E-state index in [2.05, 4.69) is 36.3 Å². The number of carboxylic acids is 1. The van der Waals surface area contributed by atoms with Crippen molar-refractivity contribution in [3.05, 3.63) is 63.0 Å². The van der Waals surface area contributed by atoms with Gasteiger partial charge in [-0.3, -0.25) is 4.90 Å². The second-order valence-electron chi connectivity index (χ2n) is 6.58. The van der Waals surface area contributed by atoms with Crippen molar-refractivity contribution in [2.45, 2.75) is 20.4 Å². The van der Waals surface area contributed by atoms with Crippen molar-refractivity contribution in [2.24, 2.45) is 0 Å². The van der Waals surface area contributed by atoms with E-state index < -0.39 is 5.97 Å². The molecule has 0 fully saturated rings. The molecule has 3 aromatic rings. The lowest BCUT2D eigenvalue weighted by Crippen LogP contribution is -2.31. The largest absolute Gasteiger partial charge is 0.478 e. The molecular weight excluding hydrogens is 344 g/mol. The Hall–Kier alpha value is -2.50. The molecule has 132 valence electrons. The van der Waals surface area contributed by atoms with Crippen molar-refractivity contribution in [3.8, 4) is 0 Å². The summed E-state index contributed by atoms with van der Waals surface area (Å²) in [6, 6.07) is 9.62. The number of hydrogen-bond donors (Lipinski definition) is 1. The van der Waals surface area contributed by atoms with E-state index in [0.717, 1.165) is 35.4 Å². The molecule has 0 atom stereocenters. The van der Waals surface area contributed by atoms with Crippen LogP contribution in [0.15, 0.2) is 35.7 Å². The SMILES string of the molecule is CCN1C/C(=C\c2sccc2C)c2nc3ccccc3c(C(=O)O)c2C1. The highest BCUT2D eigenvalue weighted by Crippen LogP contribution is 2.34. The molecule has 2 aromatic heterocycles. The summed E-state index contributed by atoms with van der Waals surface area (Å²) in [6.45, 7) is 6.47. The van der Waals surface area contributed by atoms with Gasteiger partial charge in [-0.15, -0.1) is 11.3 Å². The van der Waals surface area contributed by atoms with E-state index >= 15 is 0 Å². The van der Waals surface area contributed by atoms with Gasteiger partial charge in [0.15, 0.2) is 0 Å². The van der Waals surface area contributed by atoms with Gasteiger partial charge in [-0.05, 0) is 48.2 Å². The Bertz CT molecular complexity index is 1040. The molecule has 0 saturated carbocycles. The number of pyridine rings is 1. The number of hydrogen-bond acceptors (Lipinski definition) is 4. The average Bonchev–Trinajstić information content (AvgIpc) is 3.04. The van der Waals surface area contributed by atoms with Gasteiger partial charge in [0, 0.05) is 28.9 Å². The molecule has 0 bridgehead atoms. The van der Waals surface area contributed by atoms with Gasteiger partial charge in [0.05, 0.1) is 16.8 Å². The maximum absolute atomic E-state index is 12.1. The highest BCUT2D eigenvalue weighted by atomic mass is 32.1. The molecule has 3 heterocycles. The summed E-state index contributed by atoms with van der Waals surface area (Å²) < 4.78 is 0. The third kappa shape index (κ3) is 2.83. The molecule has 0 saturated heterocycles. The minimum Gasteiger partial charge on any atom is -0.478 e. The van der Waals surface area contributed by atoms with E-state index in [1.807, 2.05) is 24.3 Å². The van der Waals surface area contributed by atoms with Gasteiger partial charge in [0.1, 0.15) is 0 Å². The van der Waals surface area contributed by atoms with Gasteiger partial charge in [-0.25, -0.2) is 9.78 Å². The molecule has 0 radical (unpaired) electrons. The second-order valence-corrected chi connectivity index (χ2v) is 7.52. The maximum Gasteiger partial charge on any atom is 0.336 e. The summed E-state index contributed by atoms with van der Waals surface area (Å²) in [5, 5.41) is 12.7. The van der Waals surface area contributed by atoms with E-state index in [1.54, 1.807) is 11.3 Å². The molecule has 5 heteroatoms. The number of benzene rings is 1. The molecular formula is C21H20N2O2S. The van der Waals surface area contributed by atoms with Gasteiger partial charge < -0.3 is 5.11 Å². The Kier molecular flexibility index (Phi) is 4.34. The average molecular weight is 364 g/mol. The topological polar surface area (TPSA) is 53.4 Å². The van der Waals surface area contributed by atoms with Gasteiger partial charge in [0.25, 0.3) is 0 Å². The number of rotatable bonds is 3. The monoisotopic (exact) mass is 364 g/mol. The fourth-order valence-corrected chi connectivity index (χ4v) is 4.42. The summed E-state index contributed by atoms with van der Waals surface area (Å²) in [5.74, 6) is -0.885. The van der Waals surface area contributed by atoms with Crippen LogP contribution in [0.5, 0.6) is 0 Å². The fraction of sp³-hybridized carbons (Fsp3) is 0.238. The maximum atomic E-state index is 12.1. The van der Waals surface area contributed by atoms with Gasteiger partial charge >= 0.3 is 5.97 Å². The van der Waals surface area contributed by atoms with Crippen LogP contribution in [0, 0.1) is 6.92 Å². The molecule has 1 N–H and O–H groups in total. The van der Waals surface area contributed by atoms with Crippen molar-refractivity contribution in [1.82, 2.24) is 9.88 Å². The molecule has 26 heavy (non-hydrogen) atoms. The Morgan fingerprint density at radius 1 is 1.31 bits per heavy atom. The van der Waals surface area contributed by atoms with Crippen LogP contribution in [0.4, 0.5) is 0 Å². The lowest BCUT2D eigenvalue weighted by atomic mass is 9.92. The highest BCUT2D eigenvalue weighted by molar-refractivity contribution is 7.11. The molecule has 1 aliphatic rings. The van der Waals surface area contributed by atoms with E-state index in [4.69, 9.17) is 4.98 Å². The summed E-state index contributed by atoms with van der Waals surface area (Å²) in [4.78, 5) is 20.4. The molecule has 1 aromatic carbocycles. The van der Waals surface area contributed by atoms with Crippen LogP contribution in [0.3, 0.4) is 0 Å². The Balaban J connectivity index is 2.01. The summed E-state index contributed by atoms with van der Waals surface area (Å²) in [5.41, 5.74) is 5.10. The second kappa shape index (κ2) is 6.67. The highest BCUT2D eigenvalue weighted by Gasteiger charge is 2.28. The number of para-hydroxylation sites is 1. The molecule has 4 rings (SSSR count).